The zero-order valence-corrected chi connectivity index (χ0v) is 7.00. The maximum Gasteiger partial charge on any atom is 0.0565 e. The van der Waals surface area contributed by atoms with Gasteiger partial charge in [0.15, 0.2) is 0 Å². The zero-order chi connectivity index (χ0) is 8.69. The van der Waals surface area contributed by atoms with Crippen LogP contribution in [0.15, 0.2) is 0 Å². The standard InChI is InChI=1S/C9H18O2/c1-3-4-5-6-9(11)7-8(2)10/h8-11H,1-7H2. The summed E-state index contributed by atoms with van der Waals surface area (Å²) in [6.45, 7) is 7.09. The molecule has 0 aliphatic heterocycles. The van der Waals surface area contributed by atoms with Gasteiger partial charge in [-0.15, -0.1) is 0 Å². The van der Waals surface area contributed by atoms with Gasteiger partial charge in [-0.25, -0.2) is 0 Å². The molecule has 0 aromatic heterocycles. The minimum absolute atomic E-state index is 0.386. The van der Waals surface area contributed by atoms with Gasteiger partial charge in [0, 0.05) is 0 Å². The van der Waals surface area contributed by atoms with Crippen LogP contribution in [0.4, 0.5) is 0 Å². The van der Waals surface area contributed by atoms with E-state index in [1.54, 1.807) is 0 Å². The van der Waals surface area contributed by atoms with Gasteiger partial charge in [-0.3, -0.25) is 0 Å². The summed E-state index contributed by atoms with van der Waals surface area (Å²) in [7, 11) is 0. The Morgan fingerprint density at radius 1 is 1.18 bits per heavy atom. The highest BCUT2D eigenvalue weighted by molar-refractivity contribution is 4.64. The molecule has 0 aliphatic carbocycles. The van der Waals surface area contributed by atoms with Crippen molar-refractivity contribution in [2.24, 2.45) is 0 Å². The minimum Gasteiger partial charge on any atom is -0.393 e. The van der Waals surface area contributed by atoms with Crippen molar-refractivity contribution in [3.63, 3.8) is 0 Å². The van der Waals surface area contributed by atoms with Crippen LogP contribution < -0.4 is 0 Å². The molecular weight excluding hydrogens is 140 g/mol. The zero-order valence-electron chi connectivity index (χ0n) is 7.00. The van der Waals surface area contributed by atoms with E-state index >= 15 is 0 Å². The molecule has 0 aliphatic rings. The summed E-state index contributed by atoms with van der Waals surface area (Å²) in [4.78, 5) is 0. The largest absolute Gasteiger partial charge is 0.393 e. The van der Waals surface area contributed by atoms with E-state index in [0.29, 0.717) is 6.42 Å². The van der Waals surface area contributed by atoms with E-state index < -0.39 is 12.2 Å². The molecular formula is C9H18O2. The molecule has 0 saturated heterocycles. The molecule has 66 valence electrons. The number of hydrogen-bond donors (Lipinski definition) is 2. The lowest BCUT2D eigenvalue weighted by Crippen LogP contribution is -2.14. The van der Waals surface area contributed by atoms with Crippen LogP contribution in [0.2, 0.25) is 0 Å². The Morgan fingerprint density at radius 2 is 1.82 bits per heavy atom. The number of aliphatic hydroxyl groups is 2. The summed E-state index contributed by atoms with van der Waals surface area (Å²) in [5.41, 5.74) is 0. The smallest absolute Gasteiger partial charge is 0.0565 e. The van der Waals surface area contributed by atoms with Crippen LogP contribution in [-0.2, 0) is 0 Å². The number of unbranched alkanes of at least 4 members (excludes halogenated alkanes) is 2. The molecule has 0 heterocycles. The molecule has 0 aromatic rings. The molecule has 2 atom stereocenters. The van der Waals surface area contributed by atoms with Gasteiger partial charge in [0.25, 0.3) is 0 Å². The van der Waals surface area contributed by atoms with Gasteiger partial charge in [0.05, 0.1) is 12.2 Å². The van der Waals surface area contributed by atoms with Crippen molar-refractivity contribution in [3.05, 3.63) is 13.8 Å². The Labute approximate surface area is 69.2 Å². The molecule has 0 spiro atoms. The van der Waals surface area contributed by atoms with E-state index in [1.165, 1.54) is 0 Å². The summed E-state index contributed by atoms with van der Waals surface area (Å²) < 4.78 is 0. The summed E-state index contributed by atoms with van der Waals surface area (Å²) in [5, 5.41) is 18.0. The topological polar surface area (TPSA) is 40.5 Å². The highest BCUT2D eigenvalue weighted by Crippen LogP contribution is 2.07. The van der Waals surface area contributed by atoms with E-state index in [-0.39, 0.29) is 0 Å². The Balaban J connectivity index is 3.15. The van der Waals surface area contributed by atoms with Gasteiger partial charge in [-0.05, 0) is 19.8 Å². The minimum atomic E-state index is -0.634. The lowest BCUT2D eigenvalue weighted by molar-refractivity contribution is 0.0948. The van der Waals surface area contributed by atoms with Gasteiger partial charge < -0.3 is 10.2 Å². The predicted molar refractivity (Wildman–Crippen MR) is 45.8 cm³/mol. The molecule has 0 bridgehead atoms. The van der Waals surface area contributed by atoms with Gasteiger partial charge in [0.2, 0.25) is 0 Å². The lowest BCUT2D eigenvalue weighted by atomic mass is 10.1. The van der Waals surface area contributed by atoms with Crippen molar-refractivity contribution in [2.45, 2.75) is 44.3 Å². The van der Waals surface area contributed by atoms with Crippen LogP contribution in [-0.4, -0.2) is 22.4 Å². The number of hydrogen-bond acceptors (Lipinski definition) is 2. The molecule has 2 heteroatoms. The molecule has 2 nitrogen and oxygen atoms in total. The van der Waals surface area contributed by atoms with Crippen molar-refractivity contribution >= 4 is 0 Å². The highest BCUT2D eigenvalue weighted by atomic mass is 16.3. The van der Waals surface area contributed by atoms with Gasteiger partial charge >= 0.3 is 0 Å². The van der Waals surface area contributed by atoms with Crippen molar-refractivity contribution in [3.8, 4) is 0 Å². The van der Waals surface area contributed by atoms with E-state index in [2.05, 4.69) is 13.8 Å². The Bertz CT molecular complexity index is 81.6. The first-order chi connectivity index (χ1) is 5.16. The van der Waals surface area contributed by atoms with E-state index in [4.69, 9.17) is 5.11 Å². The molecule has 0 amide bonds. The SMILES string of the molecule is [CH2]CCCCC(O)CC([CH2])O. The summed E-state index contributed by atoms with van der Waals surface area (Å²) >= 11 is 0. The van der Waals surface area contributed by atoms with Gasteiger partial charge in [-0.2, -0.15) is 0 Å². The van der Waals surface area contributed by atoms with Crippen molar-refractivity contribution in [1.29, 1.82) is 0 Å². The van der Waals surface area contributed by atoms with E-state index in [9.17, 15) is 5.11 Å². The van der Waals surface area contributed by atoms with Crippen LogP contribution in [0.25, 0.3) is 0 Å². The quantitative estimate of drug-likeness (QED) is 0.572. The third-order valence-corrected chi connectivity index (χ3v) is 1.58. The van der Waals surface area contributed by atoms with Crippen LogP contribution in [0, 0.1) is 13.8 Å². The van der Waals surface area contributed by atoms with Gasteiger partial charge in [-0.1, -0.05) is 26.2 Å². The fourth-order valence-electron chi connectivity index (χ4n) is 0.989. The summed E-state index contributed by atoms with van der Waals surface area (Å²) in [6, 6.07) is 0. The second-order valence-corrected chi connectivity index (χ2v) is 2.89. The van der Waals surface area contributed by atoms with Crippen molar-refractivity contribution in [1.82, 2.24) is 0 Å². The van der Waals surface area contributed by atoms with Crippen LogP contribution in [0.3, 0.4) is 0 Å². The summed E-state index contributed by atoms with van der Waals surface area (Å²) in [5.74, 6) is 0. The molecule has 2 unspecified atom stereocenters. The average Bonchev–Trinajstić information content (AvgIpc) is 1.86. The third kappa shape index (κ3) is 7.82. The Morgan fingerprint density at radius 3 is 2.27 bits per heavy atom. The normalized spacial score (nSPS) is 16.4. The van der Waals surface area contributed by atoms with E-state index in [1.807, 2.05) is 0 Å². The second-order valence-electron chi connectivity index (χ2n) is 2.89. The number of rotatable bonds is 6. The van der Waals surface area contributed by atoms with E-state index in [0.717, 1.165) is 25.7 Å². The Hall–Kier alpha value is -0.0800. The fraction of sp³-hybridized carbons (Fsp3) is 0.778. The van der Waals surface area contributed by atoms with Crippen molar-refractivity contribution < 1.29 is 10.2 Å². The molecule has 0 aromatic carbocycles. The maximum absolute atomic E-state index is 9.23. The lowest BCUT2D eigenvalue weighted by Gasteiger charge is -2.11. The van der Waals surface area contributed by atoms with Gasteiger partial charge in [0.1, 0.15) is 0 Å². The van der Waals surface area contributed by atoms with Crippen LogP contribution in [0.1, 0.15) is 32.1 Å². The highest BCUT2D eigenvalue weighted by Gasteiger charge is 2.06. The first kappa shape index (κ1) is 10.9. The fourth-order valence-corrected chi connectivity index (χ4v) is 0.989. The third-order valence-electron chi connectivity index (χ3n) is 1.58. The van der Waals surface area contributed by atoms with Crippen LogP contribution in [0.5, 0.6) is 0 Å². The van der Waals surface area contributed by atoms with Crippen molar-refractivity contribution in [2.75, 3.05) is 0 Å². The number of aliphatic hydroxyl groups excluding tert-OH is 2. The predicted octanol–water partition coefficient (Wildman–Crippen LogP) is 1.33. The molecule has 2 N–H and O–H groups in total. The molecule has 0 rings (SSSR count). The monoisotopic (exact) mass is 158 g/mol. The Kier molecular flexibility index (Phi) is 6.57. The molecule has 0 fully saturated rings. The molecule has 0 saturated carbocycles. The maximum atomic E-state index is 9.23. The molecule has 11 heavy (non-hydrogen) atoms. The first-order valence-electron chi connectivity index (χ1n) is 4.15. The average molecular weight is 158 g/mol. The van der Waals surface area contributed by atoms with Crippen LogP contribution >= 0.6 is 0 Å². The second kappa shape index (κ2) is 6.62. The molecule has 2 radical (unpaired) electrons. The summed E-state index contributed by atoms with van der Waals surface area (Å²) in [6.07, 6.45) is 3.06. The first-order valence-corrected chi connectivity index (χ1v) is 4.15.